The first-order valence-electron chi connectivity index (χ1n) is 4.66. The fourth-order valence-corrected chi connectivity index (χ4v) is 3.16. The van der Waals surface area contributed by atoms with Gasteiger partial charge in [0, 0.05) is 0 Å². The van der Waals surface area contributed by atoms with Crippen molar-refractivity contribution >= 4 is 0 Å². The van der Waals surface area contributed by atoms with Gasteiger partial charge in [-0.05, 0) is 36.0 Å². The van der Waals surface area contributed by atoms with E-state index in [4.69, 9.17) is 0 Å². The Balaban J connectivity index is 2.40. The lowest BCUT2D eigenvalue weighted by atomic mass is 9.70. The van der Waals surface area contributed by atoms with Crippen LogP contribution in [0.2, 0.25) is 0 Å². The second kappa shape index (κ2) is 1.82. The Kier molecular flexibility index (Phi) is 1.26. The van der Waals surface area contributed by atoms with E-state index in [-0.39, 0.29) is 11.5 Å². The molecule has 2 bridgehead atoms. The molecule has 0 aromatic heterocycles. The molecule has 1 heteroatoms. The predicted molar refractivity (Wildman–Crippen MR) is 45.2 cm³/mol. The van der Waals surface area contributed by atoms with Crippen LogP contribution in [0.15, 0.2) is 0 Å². The van der Waals surface area contributed by atoms with Gasteiger partial charge in [-0.2, -0.15) is 0 Å². The molecular formula is C10H18O. The van der Waals surface area contributed by atoms with Crippen molar-refractivity contribution in [2.75, 3.05) is 0 Å². The summed E-state index contributed by atoms with van der Waals surface area (Å²) in [7, 11) is 0. The third kappa shape index (κ3) is 0.658. The molecular weight excluding hydrogens is 136 g/mol. The van der Waals surface area contributed by atoms with Crippen molar-refractivity contribution in [3.63, 3.8) is 0 Å². The minimum atomic E-state index is -0.0313. The van der Waals surface area contributed by atoms with Gasteiger partial charge in [0.2, 0.25) is 0 Å². The lowest BCUT2D eigenvalue weighted by molar-refractivity contribution is 0.0126. The maximum Gasteiger partial charge on any atom is 0.0601 e. The van der Waals surface area contributed by atoms with Gasteiger partial charge in [-0.25, -0.2) is 0 Å². The Morgan fingerprint density at radius 1 is 1.27 bits per heavy atom. The molecule has 0 amide bonds. The zero-order valence-electron chi connectivity index (χ0n) is 7.72. The second-order valence-corrected chi connectivity index (χ2v) is 5.13. The van der Waals surface area contributed by atoms with E-state index >= 15 is 0 Å². The Labute approximate surface area is 68.8 Å². The molecule has 11 heavy (non-hydrogen) atoms. The number of hydrogen-bond acceptors (Lipinski definition) is 1. The fraction of sp³-hybridized carbons (Fsp3) is 1.00. The molecule has 0 spiro atoms. The second-order valence-electron chi connectivity index (χ2n) is 5.13. The molecule has 1 unspecified atom stereocenters. The van der Waals surface area contributed by atoms with Crippen LogP contribution in [0.4, 0.5) is 0 Å². The highest BCUT2D eigenvalue weighted by Gasteiger charge is 2.60. The molecule has 1 nitrogen and oxygen atoms in total. The van der Waals surface area contributed by atoms with Gasteiger partial charge in [0.25, 0.3) is 0 Å². The molecule has 2 fully saturated rings. The normalized spacial score (nSPS) is 53.5. The molecule has 0 radical (unpaired) electrons. The Morgan fingerprint density at radius 2 is 1.91 bits per heavy atom. The van der Waals surface area contributed by atoms with Crippen LogP contribution in [0.3, 0.4) is 0 Å². The monoisotopic (exact) mass is 154 g/mol. The van der Waals surface area contributed by atoms with Crippen molar-refractivity contribution in [3.8, 4) is 0 Å². The topological polar surface area (TPSA) is 20.2 Å². The van der Waals surface area contributed by atoms with E-state index in [0.29, 0.717) is 5.41 Å². The standard InChI is InChI=1S/C10H18O/c1-9(2)7-4-5-10(9,3)8(11)6-7/h7-8,11H,4-6H2,1-3H3/t7-,8?,10+/m0/s1. The predicted octanol–water partition coefficient (Wildman–Crippen LogP) is 2.19. The average Bonchev–Trinajstić information content (AvgIpc) is 2.20. The SMILES string of the molecule is CC1(C)[C@H]2CC[C@]1(C)C(O)C2. The van der Waals surface area contributed by atoms with E-state index in [1.54, 1.807) is 0 Å². The van der Waals surface area contributed by atoms with Gasteiger partial charge in [-0.15, -0.1) is 0 Å². The first-order valence-corrected chi connectivity index (χ1v) is 4.66. The van der Waals surface area contributed by atoms with Crippen LogP contribution in [0.25, 0.3) is 0 Å². The van der Waals surface area contributed by atoms with E-state index in [1.807, 2.05) is 0 Å². The van der Waals surface area contributed by atoms with E-state index in [0.717, 1.165) is 12.3 Å². The maximum atomic E-state index is 9.81. The molecule has 1 N–H and O–H groups in total. The van der Waals surface area contributed by atoms with E-state index in [9.17, 15) is 5.11 Å². The molecule has 2 saturated carbocycles. The van der Waals surface area contributed by atoms with Crippen LogP contribution in [0.1, 0.15) is 40.0 Å². The summed E-state index contributed by atoms with van der Waals surface area (Å²) in [6, 6.07) is 0. The van der Waals surface area contributed by atoms with Crippen molar-refractivity contribution in [3.05, 3.63) is 0 Å². The molecule has 0 saturated heterocycles. The third-order valence-corrected chi connectivity index (χ3v) is 4.75. The summed E-state index contributed by atoms with van der Waals surface area (Å²) in [5.74, 6) is 0.780. The van der Waals surface area contributed by atoms with E-state index in [1.165, 1.54) is 12.8 Å². The molecule has 3 atom stereocenters. The van der Waals surface area contributed by atoms with Crippen LogP contribution < -0.4 is 0 Å². The van der Waals surface area contributed by atoms with Crippen molar-refractivity contribution < 1.29 is 5.11 Å². The molecule has 0 aromatic carbocycles. The quantitative estimate of drug-likeness (QED) is 0.567. The third-order valence-electron chi connectivity index (χ3n) is 4.75. The summed E-state index contributed by atoms with van der Waals surface area (Å²) in [6.07, 6.45) is 3.58. The van der Waals surface area contributed by atoms with E-state index < -0.39 is 0 Å². The maximum absolute atomic E-state index is 9.81. The Morgan fingerprint density at radius 3 is 2.09 bits per heavy atom. The number of fused-ring (bicyclic) bond motifs is 2. The largest absolute Gasteiger partial charge is 0.393 e. The summed E-state index contributed by atoms with van der Waals surface area (Å²) in [5.41, 5.74) is 0.601. The summed E-state index contributed by atoms with van der Waals surface area (Å²) in [5, 5.41) is 9.81. The molecule has 2 rings (SSSR count). The molecule has 0 heterocycles. The summed E-state index contributed by atoms with van der Waals surface area (Å²) >= 11 is 0. The average molecular weight is 154 g/mol. The molecule has 2 aliphatic carbocycles. The van der Waals surface area contributed by atoms with Gasteiger partial charge >= 0.3 is 0 Å². The number of rotatable bonds is 0. The number of hydrogen-bond donors (Lipinski definition) is 1. The first-order chi connectivity index (χ1) is 4.98. The highest BCUT2D eigenvalue weighted by atomic mass is 16.3. The summed E-state index contributed by atoms with van der Waals surface area (Å²) < 4.78 is 0. The highest BCUT2D eigenvalue weighted by Crippen LogP contribution is 2.65. The van der Waals surface area contributed by atoms with Crippen molar-refractivity contribution in [2.45, 2.75) is 46.1 Å². The van der Waals surface area contributed by atoms with Crippen molar-refractivity contribution in [1.29, 1.82) is 0 Å². The van der Waals surface area contributed by atoms with Crippen molar-refractivity contribution in [2.24, 2.45) is 16.7 Å². The van der Waals surface area contributed by atoms with Crippen molar-refractivity contribution in [1.82, 2.24) is 0 Å². The van der Waals surface area contributed by atoms with Gasteiger partial charge in [0.1, 0.15) is 0 Å². The summed E-state index contributed by atoms with van der Waals surface area (Å²) in [6.45, 7) is 6.90. The van der Waals surface area contributed by atoms with Crippen LogP contribution in [0, 0.1) is 16.7 Å². The fourth-order valence-electron chi connectivity index (χ4n) is 3.16. The molecule has 2 aliphatic rings. The number of aliphatic hydroxyl groups is 1. The van der Waals surface area contributed by atoms with Gasteiger partial charge in [-0.3, -0.25) is 0 Å². The Hall–Kier alpha value is -0.0400. The zero-order chi connectivity index (χ0) is 8.28. The zero-order valence-corrected chi connectivity index (χ0v) is 7.72. The number of aliphatic hydroxyl groups excluding tert-OH is 1. The molecule has 64 valence electrons. The summed E-state index contributed by atoms with van der Waals surface area (Å²) in [4.78, 5) is 0. The van der Waals surface area contributed by atoms with Gasteiger partial charge in [0.15, 0.2) is 0 Å². The van der Waals surface area contributed by atoms with E-state index in [2.05, 4.69) is 20.8 Å². The lowest BCUT2D eigenvalue weighted by Gasteiger charge is -2.36. The van der Waals surface area contributed by atoms with Gasteiger partial charge in [0.05, 0.1) is 6.10 Å². The van der Waals surface area contributed by atoms with Gasteiger partial charge < -0.3 is 5.11 Å². The minimum Gasteiger partial charge on any atom is -0.393 e. The molecule has 0 aromatic rings. The smallest absolute Gasteiger partial charge is 0.0601 e. The van der Waals surface area contributed by atoms with Crippen LogP contribution in [-0.4, -0.2) is 11.2 Å². The van der Waals surface area contributed by atoms with Crippen LogP contribution in [-0.2, 0) is 0 Å². The van der Waals surface area contributed by atoms with Gasteiger partial charge in [-0.1, -0.05) is 20.8 Å². The first kappa shape index (κ1) is 7.60. The van der Waals surface area contributed by atoms with Crippen LogP contribution >= 0.6 is 0 Å². The highest BCUT2D eigenvalue weighted by molar-refractivity contribution is 5.10. The Bertz CT molecular complexity index is 185. The lowest BCUT2D eigenvalue weighted by Crippen LogP contribution is -2.35. The van der Waals surface area contributed by atoms with Crippen LogP contribution in [0.5, 0.6) is 0 Å². The minimum absolute atomic E-state index is 0.0313. The molecule has 0 aliphatic heterocycles.